The van der Waals surface area contributed by atoms with Crippen LogP contribution in [0.15, 0.2) is 70.4 Å². The fourth-order valence-electron chi connectivity index (χ4n) is 3.32. The lowest BCUT2D eigenvalue weighted by molar-refractivity contribution is -0.116. The van der Waals surface area contributed by atoms with Crippen LogP contribution in [0.5, 0.6) is 11.5 Å². The van der Waals surface area contributed by atoms with E-state index in [4.69, 9.17) is 9.47 Å². The quantitative estimate of drug-likeness (QED) is 0.656. The van der Waals surface area contributed by atoms with Gasteiger partial charge in [-0.25, -0.2) is 9.36 Å². The second-order valence-corrected chi connectivity index (χ2v) is 6.99. The Morgan fingerprint density at radius 3 is 2.61 bits per heavy atom. The van der Waals surface area contributed by atoms with Crippen LogP contribution >= 0.6 is 0 Å². The van der Waals surface area contributed by atoms with Gasteiger partial charge in [-0.05, 0) is 37.1 Å². The molecule has 1 unspecified atom stereocenters. The summed E-state index contributed by atoms with van der Waals surface area (Å²) in [6.07, 6.45) is 1.42. The summed E-state index contributed by atoms with van der Waals surface area (Å²) in [6, 6.07) is 15.7. The molecule has 9 heteroatoms. The van der Waals surface area contributed by atoms with Crippen molar-refractivity contribution < 1.29 is 18.7 Å². The van der Waals surface area contributed by atoms with Crippen LogP contribution in [0, 0.1) is 5.82 Å². The normalized spacial score (nSPS) is 15.6. The second-order valence-electron chi connectivity index (χ2n) is 6.99. The van der Waals surface area contributed by atoms with Crippen molar-refractivity contribution >= 4 is 11.6 Å². The SMILES string of the molecule is O=C(Cn1c(=O)c(F)cn(C2CCCO2)c1=O)Nc1ccccc1Oc1ccccc1. The van der Waals surface area contributed by atoms with Crippen LogP contribution < -0.4 is 21.3 Å². The van der Waals surface area contributed by atoms with Crippen LogP contribution in [0.4, 0.5) is 10.1 Å². The number of rotatable bonds is 6. The third kappa shape index (κ3) is 4.56. The van der Waals surface area contributed by atoms with E-state index < -0.39 is 35.7 Å². The molecule has 8 nitrogen and oxygen atoms in total. The molecular formula is C22H20FN3O5. The van der Waals surface area contributed by atoms with Gasteiger partial charge >= 0.3 is 5.69 Å². The molecule has 4 rings (SSSR count). The predicted molar refractivity (Wildman–Crippen MR) is 111 cm³/mol. The molecule has 0 radical (unpaired) electrons. The number of hydrogen-bond acceptors (Lipinski definition) is 5. The number of carbonyl (C=O) groups excluding carboxylic acids is 1. The first-order valence-corrected chi connectivity index (χ1v) is 9.78. The summed E-state index contributed by atoms with van der Waals surface area (Å²) in [7, 11) is 0. The summed E-state index contributed by atoms with van der Waals surface area (Å²) in [5.74, 6) is -0.848. The van der Waals surface area contributed by atoms with Gasteiger partial charge in [-0.2, -0.15) is 4.39 Å². The van der Waals surface area contributed by atoms with Gasteiger partial charge in [0.1, 0.15) is 18.5 Å². The first-order chi connectivity index (χ1) is 15.0. The fraction of sp³-hybridized carbons (Fsp3) is 0.227. The zero-order valence-corrected chi connectivity index (χ0v) is 16.5. The minimum atomic E-state index is -1.16. The van der Waals surface area contributed by atoms with E-state index in [1.807, 2.05) is 18.2 Å². The Balaban J connectivity index is 1.56. The van der Waals surface area contributed by atoms with E-state index in [0.717, 1.165) is 17.2 Å². The van der Waals surface area contributed by atoms with Gasteiger partial charge < -0.3 is 14.8 Å². The lowest BCUT2D eigenvalue weighted by Crippen LogP contribution is -2.44. The van der Waals surface area contributed by atoms with Crippen LogP contribution in [-0.2, 0) is 16.1 Å². The van der Waals surface area contributed by atoms with E-state index in [-0.39, 0.29) is 0 Å². The average molecular weight is 425 g/mol. The largest absolute Gasteiger partial charge is 0.455 e. The Kier molecular flexibility index (Phi) is 5.94. The molecule has 0 spiro atoms. The van der Waals surface area contributed by atoms with Gasteiger partial charge in [0.05, 0.1) is 11.9 Å². The molecule has 3 aromatic rings. The number of carbonyl (C=O) groups is 1. The summed E-state index contributed by atoms with van der Waals surface area (Å²) in [4.78, 5) is 37.5. The van der Waals surface area contributed by atoms with Gasteiger partial charge in [0.2, 0.25) is 11.7 Å². The molecule has 0 aliphatic carbocycles. The zero-order chi connectivity index (χ0) is 21.8. The van der Waals surface area contributed by atoms with Crippen molar-refractivity contribution in [2.75, 3.05) is 11.9 Å². The highest BCUT2D eigenvalue weighted by atomic mass is 19.1. The zero-order valence-electron chi connectivity index (χ0n) is 16.5. The van der Waals surface area contributed by atoms with Crippen molar-refractivity contribution in [1.82, 2.24) is 9.13 Å². The number of nitrogens with one attached hydrogen (secondary N) is 1. The van der Waals surface area contributed by atoms with E-state index in [1.165, 1.54) is 0 Å². The number of ether oxygens (including phenoxy) is 2. The van der Waals surface area contributed by atoms with Crippen molar-refractivity contribution in [2.24, 2.45) is 0 Å². The van der Waals surface area contributed by atoms with Gasteiger partial charge in [0.25, 0.3) is 5.56 Å². The molecule has 1 N–H and O–H groups in total. The van der Waals surface area contributed by atoms with Crippen molar-refractivity contribution in [3.63, 3.8) is 0 Å². The molecule has 31 heavy (non-hydrogen) atoms. The molecule has 0 saturated carbocycles. The number of amides is 1. The molecule has 1 aliphatic heterocycles. The number of halogens is 1. The average Bonchev–Trinajstić information content (AvgIpc) is 3.30. The Morgan fingerprint density at radius 2 is 1.87 bits per heavy atom. The minimum Gasteiger partial charge on any atom is -0.455 e. The highest BCUT2D eigenvalue weighted by molar-refractivity contribution is 5.92. The summed E-state index contributed by atoms with van der Waals surface area (Å²) >= 11 is 0. The van der Waals surface area contributed by atoms with Crippen LogP contribution in [0.25, 0.3) is 0 Å². The fourth-order valence-corrected chi connectivity index (χ4v) is 3.32. The number of benzene rings is 2. The molecule has 1 saturated heterocycles. The Bertz CT molecular complexity index is 1200. The predicted octanol–water partition coefficient (Wildman–Crippen LogP) is 2.89. The Hall–Kier alpha value is -3.72. The second kappa shape index (κ2) is 8.97. The number of nitrogens with zero attached hydrogens (tertiary/aromatic N) is 2. The minimum absolute atomic E-state index is 0.347. The summed E-state index contributed by atoms with van der Waals surface area (Å²) in [6.45, 7) is -0.210. The maximum absolute atomic E-state index is 14.2. The molecule has 1 amide bonds. The first kappa shape index (κ1) is 20.5. The highest BCUT2D eigenvalue weighted by Gasteiger charge is 2.23. The number of hydrogen-bond donors (Lipinski definition) is 1. The topological polar surface area (TPSA) is 91.6 Å². The van der Waals surface area contributed by atoms with Crippen LogP contribution in [0.2, 0.25) is 0 Å². The van der Waals surface area contributed by atoms with Gasteiger partial charge in [-0.15, -0.1) is 0 Å². The van der Waals surface area contributed by atoms with Gasteiger partial charge in [-0.1, -0.05) is 30.3 Å². The molecule has 1 atom stereocenters. The van der Waals surface area contributed by atoms with E-state index in [9.17, 15) is 18.8 Å². The first-order valence-electron chi connectivity index (χ1n) is 9.78. The third-order valence-corrected chi connectivity index (χ3v) is 4.80. The van der Waals surface area contributed by atoms with Crippen LogP contribution in [0.3, 0.4) is 0 Å². The molecule has 160 valence electrons. The summed E-state index contributed by atoms with van der Waals surface area (Å²) in [5.41, 5.74) is -1.62. The van der Waals surface area contributed by atoms with E-state index in [1.54, 1.807) is 36.4 Å². The maximum Gasteiger partial charge on any atom is 0.333 e. The number of para-hydroxylation sites is 3. The van der Waals surface area contributed by atoms with E-state index in [2.05, 4.69) is 5.32 Å². The molecule has 2 aromatic carbocycles. The van der Waals surface area contributed by atoms with Crippen molar-refractivity contribution in [3.05, 3.63) is 87.4 Å². The molecule has 0 bridgehead atoms. The number of anilines is 1. The highest BCUT2D eigenvalue weighted by Crippen LogP contribution is 2.29. The smallest absolute Gasteiger partial charge is 0.333 e. The van der Waals surface area contributed by atoms with Crippen molar-refractivity contribution in [3.8, 4) is 11.5 Å². The molecule has 1 fully saturated rings. The van der Waals surface area contributed by atoms with Gasteiger partial charge in [0.15, 0.2) is 5.75 Å². The molecule has 1 aromatic heterocycles. The lowest BCUT2D eigenvalue weighted by Gasteiger charge is -2.16. The molecule has 1 aliphatic rings. The van der Waals surface area contributed by atoms with Crippen molar-refractivity contribution in [1.29, 1.82) is 0 Å². The maximum atomic E-state index is 14.2. The Morgan fingerprint density at radius 1 is 1.13 bits per heavy atom. The van der Waals surface area contributed by atoms with Crippen LogP contribution in [0.1, 0.15) is 19.1 Å². The lowest BCUT2D eigenvalue weighted by atomic mass is 10.3. The van der Waals surface area contributed by atoms with Gasteiger partial charge in [-0.3, -0.25) is 14.2 Å². The summed E-state index contributed by atoms with van der Waals surface area (Å²) in [5, 5.41) is 2.62. The molecular weight excluding hydrogens is 405 g/mol. The van der Waals surface area contributed by atoms with E-state index >= 15 is 0 Å². The third-order valence-electron chi connectivity index (χ3n) is 4.80. The standard InChI is InChI=1S/C22H20FN3O5/c23-16-13-25(20-11-6-12-30-20)22(29)26(21(16)28)14-19(27)24-17-9-4-5-10-18(17)31-15-7-2-1-3-8-15/h1-5,7-10,13,20H,6,11-12,14H2,(H,24,27). The monoisotopic (exact) mass is 425 g/mol. The van der Waals surface area contributed by atoms with Crippen LogP contribution in [-0.4, -0.2) is 21.6 Å². The Labute approximate surface area is 176 Å². The van der Waals surface area contributed by atoms with Crippen molar-refractivity contribution in [2.45, 2.75) is 25.6 Å². The number of aromatic nitrogens is 2. The summed E-state index contributed by atoms with van der Waals surface area (Å²) < 4.78 is 26.9. The molecule has 2 heterocycles. The van der Waals surface area contributed by atoms with Gasteiger partial charge in [0, 0.05) is 6.61 Å². The van der Waals surface area contributed by atoms with E-state index in [0.29, 0.717) is 34.8 Å².